The molecular weight excluding hydrogens is 350 g/mol. The molecule has 0 spiro atoms. The van der Waals surface area contributed by atoms with Crippen LogP contribution in [-0.2, 0) is 0 Å². The molecule has 5 heteroatoms. The summed E-state index contributed by atoms with van der Waals surface area (Å²) >= 11 is 11.8. The van der Waals surface area contributed by atoms with Gasteiger partial charge in [-0.25, -0.2) is 0 Å². The summed E-state index contributed by atoms with van der Waals surface area (Å²) < 4.78 is 0. The highest BCUT2D eigenvalue weighted by Crippen LogP contribution is 2.25. The van der Waals surface area contributed by atoms with Gasteiger partial charge in [0.15, 0.2) is 5.11 Å². The summed E-state index contributed by atoms with van der Waals surface area (Å²) in [6.07, 6.45) is 0. The van der Waals surface area contributed by atoms with Crippen molar-refractivity contribution in [2.75, 3.05) is 36.4 Å². The minimum atomic E-state index is 0.464. The Morgan fingerprint density at radius 3 is 2.44 bits per heavy atom. The zero-order valence-corrected chi connectivity index (χ0v) is 16.3. The van der Waals surface area contributed by atoms with Gasteiger partial charge in [0.1, 0.15) is 0 Å². The summed E-state index contributed by atoms with van der Waals surface area (Å²) in [6, 6.07) is 16.4. The first-order chi connectivity index (χ1) is 12.0. The first kappa shape index (κ1) is 18.0. The van der Waals surface area contributed by atoms with E-state index in [-0.39, 0.29) is 0 Å². The third kappa shape index (κ3) is 4.44. The maximum atomic E-state index is 6.11. The molecule has 0 radical (unpaired) electrons. The van der Waals surface area contributed by atoms with Crippen LogP contribution < -0.4 is 10.2 Å². The minimum Gasteiger partial charge on any atom is -0.368 e. The van der Waals surface area contributed by atoms with Crippen LogP contribution >= 0.6 is 23.8 Å². The SMILES string of the molecule is CC(C)c1ccccc1NC(=S)N1CCN(c2cccc(Cl)c2)CC1. The lowest BCUT2D eigenvalue weighted by Gasteiger charge is -2.37. The maximum absolute atomic E-state index is 6.11. The Morgan fingerprint density at radius 1 is 1.04 bits per heavy atom. The lowest BCUT2D eigenvalue weighted by atomic mass is 10.0. The van der Waals surface area contributed by atoms with Gasteiger partial charge in [0.25, 0.3) is 0 Å². The number of rotatable bonds is 3. The molecule has 25 heavy (non-hydrogen) atoms. The topological polar surface area (TPSA) is 18.5 Å². The molecule has 0 aliphatic carbocycles. The van der Waals surface area contributed by atoms with Crippen molar-refractivity contribution < 1.29 is 0 Å². The van der Waals surface area contributed by atoms with Crippen molar-refractivity contribution in [3.05, 3.63) is 59.1 Å². The van der Waals surface area contributed by atoms with Gasteiger partial charge in [-0.2, -0.15) is 0 Å². The van der Waals surface area contributed by atoms with E-state index in [0.717, 1.165) is 42.0 Å². The number of hydrogen-bond donors (Lipinski definition) is 1. The average Bonchev–Trinajstić information content (AvgIpc) is 2.62. The van der Waals surface area contributed by atoms with E-state index in [0.29, 0.717) is 5.92 Å². The summed E-state index contributed by atoms with van der Waals surface area (Å²) in [5, 5.41) is 5.03. The van der Waals surface area contributed by atoms with Crippen LogP contribution in [0.2, 0.25) is 5.02 Å². The van der Waals surface area contributed by atoms with Crippen LogP contribution in [0.1, 0.15) is 25.3 Å². The second-order valence-electron chi connectivity index (χ2n) is 6.63. The summed E-state index contributed by atoms with van der Waals surface area (Å²) in [5.74, 6) is 0.464. The predicted molar refractivity (Wildman–Crippen MR) is 112 cm³/mol. The molecule has 1 N–H and O–H groups in total. The van der Waals surface area contributed by atoms with Gasteiger partial charge in [-0.05, 0) is 48.0 Å². The Morgan fingerprint density at radius 2 is 1.76 bits per heavy atom. The standard InChI is InChI=1S/C20H24ClN3S/c1-15(2)18-8-3-4-9-19(18)22-20(25)24-12-10-23(11-13-24)17-7-5-6-16(21)14-17/h3-9,14-15H,10-13H2,1-2H3,(H,22,25). The molecule has 132 valence electrons. The van der Waals surface area contributed by atoms with E-state index in [2.05, 4.69) is 53.2 Å². The summed E-state index contributed by atoms with van der Waals surface area (Å²) in [4.78, 5) is 4.60. The van der Waals surface area contributed by atoms with Crippen molar-refractivity contribution in [2.24, 2.45) is 0 Å². The van der Waals surface area contributed by atoms with Crippen molar-refractivity contribution in [3.63, 3.8) is 0 Å². The Balaban J connectivity index is 1.61. The molecule has 0 aromatic heterocycles. The summed E-state index contributed by atoms with van der Waals surface area (Å²) in [6.45, 7) is 8.09. The molecule has 3 nitrogen and oxygen atoms in total. The number of para-hydroxylation sites is 1. The lowest BCUT2D eigenvalue weighted by Crippen LogP contribution is -2.50. The highest BCUT2D eigenvalue weighted by Gasteiger charge is 2.20. The molecule has 3 rings (SSSR count). The highest BCUT2D eigenvalue weighted by atomic mass is 35.5. The van der Waals surface area contributed by atoms with Crippen molar-refractivity contribution in [1.29, 1.82) is 0 Å². The second-order valence-corrected chi connectivity index (χ2v) is 7.45. The lowest BCUT2D eigenvalue weighted by molar-refractivity contribution is 0.391. The van der Waals surface area contributed by atoms with E-state index in [9.17, 15) is 0 Å². The van der Waals surface area contributed by atoms with Gasteiger partial charge in [0.05, 0.1) is 0 Å². The van der Waals surface area contributed by atoms with Crippen LogP contribution in [0.5, 0.6) is 0 Å². The Kier molecular flexibility index (Phi) is 5.82. The minimum absolute atomic E-state index is 0.464. The van der Waals surface area contributed by atoms with Crippen LogP contribution in [0.15, 0.2) is 48.5 Å². The average molecular weight is 374 g/mol. The molecule has 2 aromatic rings. The normalized spacial score (nSPS) is 14.7. The molecule has 0 amide bonds. The van der Waals surface area contributed by atoms with Crippen LogP contribution in [0.4, 0.5) is 11.4 Å². The van der Waals surface area contributed by atoms with Crippen LogP contribution in [0, 0.1) is 0 Å². The van der Waals surface area contributed by atoms with Gasteiger partial charge in [-0.15, -0.1) is 0 Å². The fourth-order valence-corrected chi connectivity index (χ4v) is 3.63. The van der Waals surface area contributed by atoms with Gasteiger partial charge in [-0.1, -0.05) is 49.7 Å². The Bertz CT molecular complexity index is 739. The summed E-state index contributed by atoms with van der Waals surface area (Å²) in [7, 11) is 0. The maximum Gasteiger partial charge on any atom is 0.173 e. The Hall–Kier alpha value is -1.78. The third-order valence-electron chi connectivity index (χ3n) is 4.56. The highest BCUT2D eigenvalue weighted by molar-refractivity contribution is 7.80. The first-order valence-electron chi connectivity index (χ1n) is 8.70. The van der Waals surface area contributed by atoms with Gasteiger partial charge >= 0.3 is 0 Å². The molecule has 1 aliphatic rings. The number of nitrogens with one attached hydrogen (secondary N) is 1. The number of piperazine rings is 1. The van der Waals surface area contributed by atoms with Crippen molar-refractivity contribution in [1.82, 2.24) is 4.90 Å². The number of anilines is 2. The zero-order chi connectivity index (χ0) is 17.8. The van der Waals surface area contributed by atoms with E-state index in [1.165, 1.54) is 11.3 Å². The second kappa shape index (κ2) is 8.07. The number of thiocarbonyl (C=S) groups is 1. The number of benzene rings is 2. The van der Waals surface area contributed by atoms with Gasteiger partial charge < -0.3 is 15.1 Å². The molecule has 1 aliphatic heterocycles. The molecule has 1 fully saturated rings. The fraction of sp³-hybridized carbons (Fsp3) is 0.350. The molecule has 0 saturated carbocycles. The van der Waals surface area contributed by atoms with Gasteiger partial charge in [0.2, 0.25) is 0 Å². The molecule has 0 unspecified atom stereocenters. The Labute approximate surface area is 160 Å². The van der Waals surface area contributed by atoms with Crippen LogP contribution in [0.25, 0.3) is 0 Å². The van der Waals surface area contributed by atoms with Crippen molar-refractivity contribution in [2.45, 2.75) is 19.8 Å². The third-order valence-corrected chi connectivity index (χ3v) is 5.16. The number of nitrogens with zero attached hydrogens (tertiary/aromatic N) is 2. The number of halogens is 1. The van der Waals surface area contributed by atoms with Crippen LogP contribution in [0.3, 0.4) is 0 Å². The molecule has 0 bridgehead atoms. The molecule has 1 saturated heterocycles. The van der Waals surface area contributed by atoms with E-state index >= 15 is 0 Å². The van der Waals surface area contributed by atoms with E-state index in [4.69, 9.17) is 23.8 Å². The summed E-state index contributed by atoms with van der Waals surface area (Å²) in [5.41, 5.74) is 3.58. The van der Waals surface area contributed by atoms with Gasteiger partial charge in [-0.3, -0.25) is 0 Å². The smallest absolute Gasteiger partial charge is 0.173 e. The fourth-order valence-electron chi connectivity index (χ4n) is 3.15. The largest absolute Gasteiger partial charge is 0.368 e. The molecule has 1 heterocycles. The molecular formula is C20H24ClN3S. The first-order valence-corrected chi connectivity index (χ1v) is 9.48. The predicted octanol–water partition coefficient (Wildman–Crippen LogP) is 4.98. The van der Waals surface area contributed by atoms with Crippen molar-refractivity contribution >= 4 is 40.3 Å². The van der Waals surface area contributed by atoms with Crippen molar-refractivity contribution in [3.8, 4) is 0 Å². The quantitative estimate of drug-likeness (QED) is 0.764. The zero-order valence-electron chi connectivity index (χ0n) is 14.7. The van der Waals surface area contributed by atoms with Crippen LogP contribution in [-0.4, -0.2) is 36.2 Å². The number of hydrogen-bond acceptors (Lipinski definition) is 2. The van der Waals surface area contributed by atoms with E-state index in [1.807, 2.05) is 24.3 Å². The van der Waals surface area contributed by atoms with E-state index in [1.54, 1.807) is 0 Å². The van der Waals surface area contributed by atoms with Gasteiger partial charge in [0, 0.05) is 42.6 Å². The monoisotopic (exact) mass is 373 g/mol. The molecule has 0 atom stereocenters. The van der Waals surface area contributed by atoms with E-state index < -0.39 is 0 Å². The molecule has 2 aromatic carbocycles.